The van der Waals surface area contributed by atoms with Gasteiger partial charge in [-0.1, -0.05) is 23.7 Å². The Kier molecular flexibility index (Phi) is 4.72. The number of halogens is 1. The minimum atomic E-state index is 0.545. The lowest BCUT2D eigenvalue weighted by Gasteiger charge is -2.07. The maximum Gasteiger partial charge on any atom is 0.178 e. The molecule has 0 saturated heterocycles. The summed E-state index contributed by atoms with van der Waals surface area (Å²) in [5, 5.41) is 20.2. The normalized spacial score (nSPS) is 11.0. The third-order valence-electron chi connectivity index (χ3n) is 3.76. The average Bonchev–Trinajstić information content (AvgIpc) is 3.05. The molecular formula is C18H16ClN7. The molecule has 3 heterocycles. The summed E-state index contributed by atoms with van der Waals surface area (Å²) in [5.41, 5.74) is 2.67. The van der Waals surface area contributed by atoms with Crippen LogP contribution in [0.2, 0.25) is 5.02 Å². The number of nitrogens with one attached hydrogen (secondary N) is 2. The molecule has 0 fully saturated rings. The highest BCUT2D eigenvalue weighted by Gasteiger charge is 2.08. The largest absolute Gasteiger partial charge is 0.339 e. The molecule has 0 unspecified atom stereocenters. The van der Waals surface area contributed by atoms with Gasteiger partial charge in [-0.2, -0.15) is 4.52 Å². The highest BCUT2D eigenvalue weighted by atomic mass is 35.5. The van der Waals surface area contributed by atoms with Crippen molar-refractivity contribution in [3.63, 3.8) is 0 Å². The second-order valence-corrected chi connectivity index (χ2v) is 6.14. The zero-order valence-electron chi connectivity index (χ0n) is 13.8. The van der Waals surface area contributed by atoms with Gasteiger partial charge in [0.15, 0.2) is 17.3 Å². The molecule has 26 heavy (non-hydrogen) atoms. The third kappa shape index (κ3) is 3.79. The Hall–Kier alpha value is -3.03. The van der Waals surface area contributed by atoms with Crippen LogP contribution in [0.15, 0.2) is 60.9 Å². The maximum absolute atomic E-state index is 6.02. The molecule has 0 radical (unpaired) electrons. The minimum Gasteiger partial charge on any atom is -0.339 e. The summed E-state index contributed by atoms with van der Waals surface area (Å²) in [6, 6.07) is 15.2. The molecule has 7 nitrogen and oxygen atoms in total. The van der Waals surface area contributed by atoms with Gasteiger partial charge in [0.25, 0.3) is 0 Å². The van der Waals surface area contributed by atoms with Crippen LogP contribution in [0.25, 0.3) is 5.65 Å². The van der Waals surface area contributed by atoms with Gasteiger partial charge < -0.3 is 10.6 Å². The van der Waals surface area contributed by atoms with Gasteiger partial charge in [-0.05, 0) is 42.0 Å². The summed E-state index contributed by atoms with van der Waals surface area (Å²) in [7, 11) is 0. The van der Waals surface area contributed by atoms with Gasteiger partial charge in [-0.3, -0.25) is 4.98 Å². The SMILES string of the molecule is Clc1cccc(Nc2ccc3nnc(CNCc4cccnc4)n3n2)c1. The molecule has 0 atom stereocenters. The van der Waals surface area contributed by atoms with E-state index in [4.69, 9.17) is 11.6 Å². The van der Waals surface area contributed by atoms with Gasteiger partial charge in [0.1, 0.15) is 0 Å². The lowest BCUT2D eigenvalue weighted by atomic mass is 10.3. The van der Waals surface area contributed by atoms with Crippen molar-refractivity contribution in [3.05, 3.63) is 77.3 Å². The van der Waals surface area contributed by atoms with E-state index in [1.165, 1.54) is 0 Å². The number of anilines is 2. The molecule has 0 bridgehead atoms. The number of fused-ring (bicyclic) bond motifs is 1. The van der Waals surface area contributed by atoms with E-state index in [-0.39, 0.29) is 0 Å². The molecule has 0 amide bonds. The van der Waals surface area contributed by atoms with E-state index < -0.39 is 0 Å². The van der Waals surface area contributed by atoms with Crippen molar-refractivity contribution in [3.8, 4) is 0 Å². The number of hydrogen-bond acceptors (Lipinski definition) is 6. The molecule has 4 rings (SSSR count). The molecule has 2 N–H and O–H groups in total. The predicted molar refractivity (Wildman–Crippen MR) is 100 cm³/mol. The summed E-state index contributed by atoms with van der Waals surface area (Å²) in [6.45, 7) is 1.24. The molecular weight excluding hydrogens is 350 g/mol. The average molecular weight is 366 g/mol. The van der Waals surface area contributed by atoms with E-state index in [2.05, 4.69) is 30.9 Å². The second-order valence-electron chi connectivity index (χ2n) is 5.70. The van der Waals surface area contributed by atoms with Gasteiger partial charge in [-0.15, -0.1) is 15.3 Å². The summed E-state index contributed by atoms with van der Waals surface area (Å²) in [5.74, 6) is 1.42. The number of rotatable bonds is 6. The van der Waals surface area contributed by atoms with Crippen LogP contribution in [0.4, 0.5) is 11.5 Å². The van der Waals surface area contributed by atoms with Crippen molar-refractivity contribution in [1.29, 1.82) is 0 Å². The molecule has 0 saturated carbocycles. The van der Waals surface area contributed by atoms with Crippen LogP contribution in [0.3, 0.4) is 0 Å². The van der Waals surface area contributed by atoms with E-state index in [9.17, 15) is 0 Å². The third-order valence-corrected chi connectivity index (χ3v) is 3.99. The van der Waals surface area contributed by atoms with Crippen molar-refractivity contribution in [2.75, 3.05) is 5.32 Å². The summed E-state index contributed by atoms with van der Waals surface area (Å²) >= 11 is 6.02. The van der Waals surface area contributed by atoms with Crippen LogP contribution >= 0.6 is 11.6 Å². The molecule has 0 spiro atoms. The molecule has 3 aromatic heterocycles. The van der Waals surface area contributed by atoms with Crippen LogP contribution in [0.1, 0.15) is 11.4 Å². The lowest BCUT2D eigenvalue weighted by Crippen LogP contribution is -2.16. The topological polar surface area (TPSA) is 80.0 Å². The Morgan fingerprint density at radius 2 is 1.96 bits per heavy atom. The molecule has 0 aliphatic carbocycles. The fourth-order valence-electron chi connectivity index (χ4n) is 2.55. The van der Waals surface area contributed by atoms with Crippen LogP contribution in [0.5, 0.6) is 0 Å². The number of pyridine rings is 1. The van der Waals surface area contributed by atoms with E-state index in [0.717, 1.165) is 17.1 Å². The predicted octanol–water partition coefficient (Wildman–Crippen LogP) is 3.21. The van der Waals surface area contributed by atoms with Gasteiger partial charge in [0.2, 0.25) is 0 Å². The Morgan fingerprint density at radius 3 is 2.81 bits per heavy atom. The first kappa shape index (κ1) is 16.4. The van der Waals surface area contributed by atoms with Crippen molar-refractivity contribution >= 4 is 28.8 Å². The Balaban J connectivity index is 1.49. The van der Waals surface area contributed by atoms with Crippen LogP contribution < -0.4 is 10.6 Å². The Morgan fingerprint density at radius 1 is 1.00 bits per heavy atom. The summed E-state index contributed by atoms with van der Waals surface area (Å²) in [4.78, 5) is 4.10. The van der Waals surface area contributed by atoms with Crippen LogP contribution in [0, 0.1) is 0 Å². The standard InChI is InChI=1S/C18H16ClN7/c19-14-4-1-5-15(9-14)22-16-6-7-17-23-24-18(26(17)25-16)12-21-11-13-3-2-8-20-10-13/h1-10,21H,11-12H2,(H,22,25). The Labute approximate surface area is 155 Å². The molecule has 4 aromatic rings. The van der Waals surface area contributed by atoms with Crippen molar-refractivity contribution < 1.29 is 0 Å². The smallest absolute Gasteiger partial charge is 0.178 e. The zero-order valence-corrected chi connectivity index (χ0v) is 14.6. The second kappa shape index (κ2) is 7.47. The van der Waals surface area contributed by atoms with Gasteiger partial charge in [0, 0.05) is 29.6 Å². The number of benzene rings is 1. The Bertz CT molecular complexity index is 1020. The molecule has 0 aliphatic heterocycles. The van der Waals surface area contributed by atoms with E-state index in [0.29, 0.717) is 29.6 Å². The fraction of sp³-hybridized carbons (Fsp3) is 0.111. The molecule has 1 aromatic carbocycles. The molecule has 8 heteroatoms. The van der Waals surface area contributed by atoms with Gasteiger partial charge in [0.05, 0.1) is 6.54 Å². The highest BCUT2D eigenvalue weighted by Crippen LogP contribution is 2.19. The van der Waals surface area contributed by atoms with Gasteiger partial charge in [-0.25, -0.2) is 0 Å². The minimum absolute atomic E-state index is 0.545. The van der Waals surface area contributed by atoms with Crippen molar-refractivity contribution in [2.24, 2.45) is 0 Å². The highest BCUT2D eigenvalue weighted by molar-refractivity contribution is 6.30. The van der Waals surface area contributed by atoms with E-state index >= 15 is 0 Å². The zero-order chi connectivity index (χ0) is 17.8. The summed E-state index contributed by atoms with van der Waals surface area (Å²) in [6.07, 6.45) is 3.59. The number of aromatic nitrogens is 5. The maximum atomic E-state index is 6.02. The number of hydrogen-bond donors (Lipinski definition) is 2. The fourth-order valence-corrected chi connectivity index (χ4v) is 2.74. The molecule has 0 aliphatic rings. The van der Waals surface area contributed by atoms with Crippen molar-refractivity contribution in [1.82, 2.24) is 30.1 Å². The quantitative estimate of drug-likeness (QED) is 0.546. The first-order valence-corrected chi connectivity index (χ1v) is 8.49. The summed E-state index contributed by atoms with van der Waals surface area (Å²) < 4.78 is 1.73. The van der Waals surface area contributed by atoms with E-state index in [1.54, 1.807) is 10.7 Å². The van der Waals surface area contributed by atoms with Crippen LogP contribution in [-0.4, -0.2) is 24.8 Å². The van der Waals surface area contributed by atoms with Crippen LogP contribution in [-0.2, 0) is 13.1 Å². The van der Waals surface area contributed by atoms with Gasteiger partial charge >= 0.3 is 0 Å². The molecule has 130 valence electrons. The number of nitrogens with zero attached hydrogens (tertiary/aromatic N) is 5. The lowest BCUT2D eigenvalue weighted by molar-refractivity contribution is 0.643. The monoisotopic (exact) mass is 365 g/mol. The first-order chi connectivity index (χ1) is 12.8. The first-order valence-electron chi connectivity index (χ1n) is 8.11. The van der Waals surface area contributed by atoms with E-state index in [1.807, 2.05) is 54.7 Å². The van der Waals surface area contributed by atoms with Crippen molar-refractivity contribution in [2.45, 2.75) is 13.1 Å².